The number of rotatable bonds is 3. The lowest BCUT2D eigenvalue weighted by Gasteiger charge is -2.04. The second kappa shape index (κ2) is 5.33. The zero-order valence-corrected chi connectivity index (χ0v) is 10.2. The summed E-state index contributed by atoms with van der Waals surface area (Å²) >= 11 is 5.73. The van der Waals surface area contributed by atoms with Gasteiger partial charge in [-0.1, -0.05) is 11.6 Å². The molecule has 0 amide bonds. The Hall–Kier alpha value is -2.65. The largest absolute Gasteiger partial charge is 0.439 e. The molecule has 19 heavy (non-hydrogen) atoms. The molecule has 1 heterocycles. The van der Waals surface area contributed by atoms with Gasteiger partial charge in [-0.2, -0.15) is 10.2 Å². The van der Waals surface area contributed by atoms with E-state index in [1.54, 1.807) is 30.3 Å². The van der Waals surface area contributed by atoms with Crippen molar-refractivity contribution in [1.82, 2.24) is 4.98 Å². The first kappa shape index (κ1) is 12.8. The van der Waals surface area contributed by atoms with Crippen LogP contribution in [0.15, 0.2) is 36.4 Å². The van der Waals surface area contributed by atoms with Gasteiger partial charge in [0.2, 0.25) is 11.6 Å². The number of nitro groups is 1. The molecule has 94 valence electrons. The molecule has 0 fully saturated rings. The Labute approximate surface area is 113 Å². The van der Waals surface area contributed by atoms with Crippen molar-refractivity contribution < 1.29 is 9.66 Å². The van der Waals surface area contributed by atoms with Gasteiger partial charge in [0.05, 0.1) is 4.92 Å². The fraction of sp³-hybridized carbons (Fsp3) is 0. The fourth-order valence-corrected chi connectivity index (χ4v) is 1.47. The highest BCUT2D eigenvalue weighted by Crippen LogP contribution is 2.24. The molecule has 6 nitrogen and oxygen atoms in total. The number of halogens is 1. The molecule has 0 aliphatic carbocycles. The fourth-order valence-electron chi connectivity index (χ4n) is 1.34. The van der Waals surface area contributed by atoms with Gasteiger partial charge in [0.15, 0.2) is 0 Å². The molecule has 7 heteroatoms. The number of nitrogens with zero attached hydrogens (tertiary/aromatic N) is 3. The highest BCUT2D eigenvalue weighted by Gasteiger charge is 2.16. The van der Waals surface area contributed by atoms with Gasteiger partial charge in [0.1, 0.15) is 11.8 Å². The minimum absolute atomic E-state index is 0.101. The van der Waals surface area contributed by atoms with Gasteiger partial charge >= 0.3 is 5.69 Å². The van der Waals surface area contributed by atoms with Crippen molar-refractivity contribution in [3.05, 3.63) is 57.2 Å². The molecular formula is C12H6ClN3O3. The van der Waals surface area contributed by atoms with Crippen LogP contribution in [0.3, 0.4) is 0 Å². The van der Waals surface area contributed by atoms with Crippen LogP contribution >= 0.6 is 11.6 Å². The number of ether oxygens (including phenoxy) is 1. The lowest BCUT2D eigenvalue weighted by Crippen LogP contribution is -1.97. The van der Waals surface area contributed by atoms with E-state index in [1.165, 1.54) is 12.1 Å². The van der Waals surface area contributed by atoms with E-state index in [4.69, 9.17) is 21.6 Å². The molecule has 2 rings (SSSR count). The number of hydrogen-bond acceptors (Lipinski definition) is 5. The summed E-state index contributed by atoms with van der Waals surface area (Å²) in [6.45, 7) is 0. The predicted octanol–water partition coefficient (Wildman–Crippen LogP) is 3.31. The Morgan fingerprint density at radius 1 is 1.26 bits per heavy atom. The monoisotopic (exact) mass is 275 g/mol. The van der Waals surface area contributed by atoms with E-state index in [2.05, 4.69) is 4.98 Å². The molecule has 0 aliphatic rings. The van der Waals surface area contributed by atoms with Crippen molar-refractivity contribution in [3.63, 3.8) is 0 Å². The van der Waals surface area contributed by atoms with Gasteiger partial charge in [-0.15, -0.1) is 0 Å². The molecule has 0 atom stereocenters. The van der Waals surface area contributed by atoms with Crippen molar-refractivity contribution in [2.45, 2.75) is 0 Å². The quantitative estimate of drug-likeness (QED) is 0.633. The van der Waals surface area contributed by atoms with Crippen molar-refractivity contribution in [3.8, 4) is 17.7 Å². The van der Waals surface area contributed by atoms with Crippen molar-refractivity contribution in [1.29, 1.82) is 5.26 Å². The Bertz CT molecular complexity index is 665. The third kappa shape index (κ3) is 2.97. The first-order chi connectivity index (χ1) is 9.10. The van der Waals surface area contributed by atoms with Crippen LogP contribution in [0.1, 0.15) is 5.69 Å². The van der Waals surface area contributed by atoms with Crippen molar-refractivity contribution in [2.75, 3.05) is 0 Å². The molecule has 0 spiro atoms. The Morgan fingerprint density at radius 2 is 1.95 bits per heavy atom. The predicted molar refractivity (Wildman–Crippen MR) is 67.1 cm³/mol. The zero-order chi connectivity index (χ0) is 13.8. The lowest BCUT2D eigenvalue weighted by atomic mass is 10.3. The molecule has 1 aromatic carbocycles. The van der Waals surface area contributed by atoms with E-state index in [0.717, 1.165) is 0 Å². The van der Waals surface area contributed by atoms with Gasteiger partial charge in [0.25, 0.3) is 0 Å². The van der Waals surface area contributed by atoms with Crippen LogP contribution in [0, 0.1) is 21.4 Å². The third-order valence-electron chi connectivity index (χ3n) is 2.19. The molecule has 0 radical (unpaired) electrons. The highest BCUT2D eigenvalue weighted by molar-refractivity contribution is 6.30. The van der Waals surface area contributed by atoms with Gasteiger partial charge in [-0.3, -0.25) is 10.1 Å². The average Bonchev–Trinajstić information content (AvgIpc) is 2.41. The molecule has 0 N–H and O–H groups in total. The van der Waals surface area contributed by atoms with Crippen LogP contribution in [0.4, 0.5) is 5.69 Å². The van der Waals surface area contributed by atoms with E-state index in [-0.39, 0.29) is 17.3 Å². The molecule has 1 aromatic heterocycles. The minimum atomic E-state index is -0.669. The Balaban J connectivity index is 2.29. The van der Waals surface area contributed by atoms with Crippen LogP contribution in [-0.2, 0) is 0 Å². The summed E-state index contributed by atoms with van der Waals surface area (Å²) in [5.74, 6) is 0.569. The van der Waals surface area contributed by atoms with Crippen LogP contribution in [0.2, 0.25) is 5.02 Å². The summed E-state index contributed by atoms with van der Waals surface area (Å²) < 4.78 is 5.37. The minimum Gasteiger partial charge on any atom is -0.439 e. The number of pyridine rings is 1. The van der Waals surface area contributed by atoms with Gasteiger partial charge < -0.3 is 4.74 Å². The molecule has 0 saturated carbocycles. The molecule has 0 bridgehead atoms. The van der Waals surface area contributed by atoms with Crippen LogP contribution in [0.25, 0.3) is 0 Å². The van der Waals surface area contributed by atoms with E-state index in [0.29, 0.717) is 10.8 Å². The number of hydrogen-bond donors (Lipinski definition) is 0. The summed E-state index contributed by atoms with van der Waals surface area (Å²) in [4.78, 5) is 13.7. The Morgan fingerprint density at radius 3 is 2.53 bits per heavy atom. The van der Waals surface area contributed by atoms with E-state index in [1.807, 2.05) is 0 Å². The maximum atomic E-state index is 10.6. The van der Waals surface area contributed by atoms with E-state index in [9.17, 15) is 10.1 Å². The number of nitriles is 1. The third-order valence-corrected chi connectivity index (χ3v) is 2.44. The summed E-state index contributed by atoms with van der Waals surface area (Å²) in [5.41, 5.74) is -0.651. The van der Waals surface area contributed by atoms with Crippen LogP contribution in [-0.4, -0.2) is 9.91 Å². The smallest absolute Gasteiger partial charge is 0.305 e. The summed E-state index contributed by atoms with van der Waals surface area (Å²) in [5, 5.41) is 20.0. The van der Waals surface area contributed by atoms with E-state index < -0.39 is 4.92 Å². The number of benzene rings is 1. The maximum absolute atomic E-state index is 10.6. The summed E-state index contributed by atoms with van der Waals surface area (Å²) in [6, 6.07) is 10.7. The molecule has 2 aromatic rings. The second-order valence-electron chi connectivity index (χ2n) is 3.44. The maximum Gasteiger partial charge on any atom is 0.305 e. The molecule has 0 saturated heterocycles. The first-order valence-electron chi connectivity index (χ1n) is 5.09. The number of aromatic nitrogens is 1. The molecule has 0 unspecified atom stereocenters. The summed E-state index contributed by atoms with van der Waals surface area (Å²) in [7, 11) is 0. The summed E-state index contributed by atoms with van der Waals surface area (Å²) in [6.07, 6.45) is 0. The first-order valence-corrected chi connectivity index (χ1v) is 5.47. The SMILES string of the molecule is N#Cc1nc(Oc2ccc(Cl)cc2)ccc1[N+](=O)[O-]. The normalized spacial score (nSPS) is 9.68. The van der Waals surface area contributed by atoms with Gasteiger partial charge in [0, 0.05) is 17.2 Å². The van der Waals surface area contributed by atoms with Crippen molar-refractivity contribution >= 4 is 17.3 Å². The van der Waals surface area contributed by atoms with Gasteiger partial charge in [-0.05, 0) is 24.3 Å². The Kier molecular flexibility index (Phi) is 3.59. The van der Waals surface area contributed by atoms with Crippen LogP contribution in [0.5, 0.6) is 11.6 Å². The zero-order valence-electron chi connectivity index (χ0n) is 9.41. The molecule has 0 aliphatic heterocycles. The van der Waals surface area contributed by atoms with E-state index >= 15 is 0 Å². The average molecular weight is 276 g/mol. The van der Waals surface area contributed by atoms with Crippen LogP contribution < -0.4 is 4.74 Å². The van der Waals surface area contributed by atoms with Gasteiger partial charge in [-0.25, -0.2) is 0 Å². The highest BCUT2D eigenvalue weighted by atomic mass is 35.5. The van der Waals surface area contributed by atoms with Crippen molar-refractivity contribution in [2.24, 2.45) is 0 Å². The lowest BCUT2D eigenvalue weighted by molar-refractivity contribution is -0.385. The molecular weight excluding hydrogens is 270 g/mol. The topological polar surface area (TPSA) is 89.0 Å². The second-order valence-corrected chi connectivity index (χ2v) is 3.88. The standard InChI is InChI=1S/C12H6ClN3O3/c13-8-1-3-9(4-2-8)19-12-6-5-11(16(17)18)10(7-14)15-12/h1-6H.